The highest BCUT2D eigenvalue weighted by Crippen LogP contribution is 1.93. The predicted octanol–water partition coefficient (Wildman–Crippen LogP) is 0.0451. The molecule has 0 rings (SSSR count). The monoisotopic (exact) mass is 204 g/mol. The molecule has 0 bridgehead atoms. The van der Waals surface area contributed by atoms with Crippen molar-refractivity contribution in [1.29, 1.82) is 0 Å². The Morgan fingerprint density at radius 3 is 2.79 bits per heavy atom. The van der Waals surface area contributed by atoms with Gasteiger partial charge in [-0.25, -0.2) is 4.79 Å². The first-order valence-corrected chi connectivity index (χ1v) is 4.82. The second-order valence-corrected chi connectivity index (χ2v) is 3.07. The van der Waals surface area contributed by atoms with Gasteiger partial charge in [0.05, 0.1) is 19.3 Å². The van der Waals surface area contributed by atoms with Crippen LogP contribution in [0.25, 0.3) is 0 Å². The molecule has 0 aromatic carbocycles. The van der Waals surface area contributed by atoms with Crippen molar-refractivity contribution in [2.75, 3.05) is 33.4 Å². The Morgan fingerprint density at radius 1 is 1.64 bits per heavy atom. The zero-order chi connectivity index (χ0) is 11.0. The third kappa shape index (κ3) is 5.04. The van der Waals surface area contributed by atoms with E-state index in [9.17, 15) is 4.79 Å². The van der Waals surface area contributed by atoms with E-state index in [4.69, 9.17) is 9.84 Å². The summed E-state index contributed by atoms with van der Waals surface area (Å²) in [6, 6.07) is -0.353. The average Bonchev–Trinajstić information content (AvgIpc) is 2.21. The molecule has 0 aliphatic heterocycles. The van der Waals surface area contributed by atoms with Crippen LogP contribution in [0.15, 0.2) is 0 Å². The van der Waals surface area contributed by atoms with Gasteiger partial charge in [-0.3, -0.25) is 0 Å². The lowest BCUT2D eigenvalue weighted by atomic mass is 10.3. The lowest BCUT2D eigenvalue weighted by Gasteiger charge is -2.23. The van der Waals surface area contributed by atoms with Crippen LogP contribution in [0.2, 0.25) is 0 Å². The van der Waals surface area contributed by atoms with Crippen LogP contribution in [0.3, 0.4) is 0 Å². The van der Waals surface area contributed by atoms with Gasteiger partial charge >= 0.3 is 6.03 Å². The molecule has 14 heavy (non-hydrogen) atoms. The normalized spacial score (nSPS) is 12.3. The van der Waals surface area contributed by atoms with Crippen LogP contribution in [0, 0.1) is 0 Å². The third-order valence-electron chi connectivity index (χ3n) is 1.97. The summed E-state index contributed by atoms with van der Waals surface area (Å²) in [4.78, 5) is 12.8. The molecular weight excluding hydrogens is 184 g/mol. The Bertz CT molecular complexity index is 164. The SMILES string of the molecule is CCOCCNC(=O)N(C)C(C)CO. The quantitative estimate of drug-likeness (QED) is 0.601. The number of hydrogen-bond acceptors (Lipinski definition) is 3. The van der Waals surface area contributed by atoms with Crippen molar-refractivity contribution in [3.63, 3.8) is 0 Å². The van der Waals surface area contributed by atoms with E-state index in [1.165, 1.54) is 4.90 Å². The van der Waals surface area contributed by atoms with Crippen molar-refractivity contribution in [3.8, 4) is 0 Å². The molecule has 2 amide bonds. The Morgan fingerprint density at radius 2 is 2.29 bits per heavy atom. The van der Waals surface area contributed by atoms with Crippen molar-refractivity contribution < 1.29 is 14.6 Å². The molecule has 1 unspecified atom stereocenters. The standard InChI is InChI=1S/C9H20N2O3/c1-4-14-6-5-10-9(13)11(3)8(2)7-12/h8,12H,4-7H2,1-3H3,(H,10,13). The summed E-state index contributed by atoms with van der Waals surface area (Å²) in [6.45, 7) is 5.32. The van der Waals surface area contributed by atoms with Gasteiger partial charge in [0.25, 0.3) is 0 Å². The van der Waals surface area contributed by atoms with Gasteiger partial charge < -0.3 is 20.1 Å². The number of nitrogens with zero attached hydrogens (tertiary/aromatic N) is 1. The molecule has 0 spiro atoms. The number of hydrogen-bond donors (Lipinski definition) is 2. The van der Waals surface area contributed by atoms with E-state index in [1.807, 2.05) is 6.92 Å². The van der Waals surface area contributed by atoms with Gasteiger partial charge in [0, 0.05) is 20.2 Å². The van der Waals surface area contributed by atoms with Crippen molar-refractivity contribution in [2.45, 2.75) is 19.9 Å². The number of aliphatic hydroxyl groups excluding tert-OH is 1. The molecule has 0 saturated heterocycles. The molecule has 0 aliphatic carbocycles. The second kappa shape index (κ2) is 7.58. The number of urea groups is 1. The predicted molar refractivity (Wildman–Crippen MR) is 54.2 cm³/mol. The molecule has 5 heteroatoms. The van der Waals surface area contributed by atoms with Gasteiger partial charge in [0.2, 0.25) is 0 Å². The van der Waals surface area contributed by atoms with Crippen LogP contribution in [-0.4, -0.2) is 55.5 Å². The fourth-order valence-corrected chi connectivity index (χ4v) is 0.822. The Hall–Kier alpha value is -0.810. The fraction of sp³-hybridized carbons (Fsp3) is 0.889. The number of likely N-dealkylation sites (N-methyl/N-ethyl adjacent to an activating group) is 1. The van der Waals surface area contributed by atoms with Crippen LogP contribution in [0.4, 0.5) is 4.79 Å². The summed E-state index contributed by atoms with van der Waals surface area (Å²) < 4.78 is 5.07. The molecule has 0 saturated carbocycles. The van der Waals surface area contributed by atoms with Gasteiger partial charge in [-0.15, -0.1) is 0 Å². The van der Waals surface area contributed by atoms with Crippen LogP contribution < -0.4 is 5.32 Å². The molecule has 1 atom stereocenters. The minimum absolute atomic E-state index is 0.0324. The molecule has 84 valence electrons. The first kappa shape index (κ1) is 13.2. The summed E-state index contributed by atoms with van der Waals surface area (Å²) >= 11 is 0. The summed E-state index contributed by atoms with van der Waals surface area (Å²) in [5.41, 5.74) is 0. The smallest absolute Gasteiger partial charge is 0.317 e. The van der Waals surface area contributed by atoms with Crippen molar-refractivity contribution in [1.82, 2.24) is 10.2 Å². The van der Waals surface area contributed by atoms with E-state index >= 15 is 0 Å². The first-order valence-electron chi connectivity index (χ1n) is 4.82. The molecule has 0 fully saturated rings. The zero-order valence-electron chi connectivity index (χ0n) is 9.12. The number of ether oxygens (including phenoxy) is 1. The summed E-state index contributed by atoms with van der Waals surface area (Å²) in [5, 5.41) is 11.5. The van der Waals surface area contributed by atoms with E-state index in [1.54, 1.807) is 14.0 Å². The topological polar surface area (TPSA) is 61.8 Å². The van der Waals surface area contributed by atoms with Gasteiger partial charge in [0.15, 0.2) is 0 Å². The van der Waals surface area contributed by atoms with E-state index in [-0.39, 0.29) is 18.7 Å². The number of nitrogens with one attached hydrogen (secondary N) is 1. The molecule has 0 heterocycles. The fourth-order valence-electron chi connectivity index (χ4n) is 0.822. The third-order valence-corrected chi connectivity index (χ3v) is 1.97. The highest BCUT2D eigenvalue weighted by Gasteiger charge is 2.13. The van der Waals surface area contributed by atoms with E-state index in [0.717, 1.165) is 0 Å². The highest BCUT2D eigenvalue weighted by molar-refractivity contribution is 5.74. The van der Waals surface area contributed by atoms with Crippen molar-refractivity contribution in [2.24, 2.45) is 0 Å². The number of carbonyl (C=O) groups excluding carboxylic acids is 1. The summed E-state index contributed by atoms with van der Waals surface area (Å²) in [7, 11) is 1.65. The minimum Gasteiger partial charge on any atom is -0.394 e. The number of carbonyl (C=O) groups is 1. The Labute approximate surface area is 85.0 Å². The molecule has 0 radical (unpaired) electrons. The maximum absolute atomic E-state index is 11.4. The Balaban J connectivity index is 3.62. The Kier molecular flexibility index (Phi) is 7.14. The summed E-state index contributed by atoms with van der Waals surface area (Å²) in [6.07, 6.45) is 0. The maximum Gasteiger partial charge on any atom is 0.317 e. The van der Waals surface area contributed by atoms with Gasteiger partial charge in [-0.05, 0) is 13.8 Å². The number of rotatable bonds is 6. The van der Waals surface area contributed by atoms with Crippen LogP contribution >= 0.6 is 0 Å². The molecule has 2 N–H and O–H groups in total. The molecule has 5 nitrogen and oxygen atoms in total. The van der Waals surface area contributed by atoms with E-state index < -0.39 is 0 Å². The van der Waals surface area contributed by atoms with E-state index in [0.29, 0.717) is 19.8 Å². The molecule has 0 aromatic rings. The van der Waals surface area contributed by atoms with Crippen LogP contribution in [0.5, 0.6) is 0 Å². The van der Waals surface area contributed by atoms with E-state index in [2.05, 4.69) is 5.32 Å². The molecule has 0 aromatic heterocycles. The maximum atomic E-state index is 11.4. The average molecular weight is 204 g/mol. The lowest BCUT2D eigenvalue weighted by molar-refractivity contribution is 0.138. The first-order chi connectivity index (χ1) is 6.63. The number of amides is 2. The van der Waals surface area contributed by atoms with Crippen LogP contribution in [0.1, 0.15) is 13.8 Å². The summed E-state index contributed by atoms with van der Waals surface area (Å²) in [5.74, 6) is 0. The zero-order valence-corrected chi connectivity index (χ0v) is 9.12. The molecular formula is C9H20N2O3. The van der Waals surface area contributed by atoms with Gasteiger partial charge in [-0.2, -0.15) is 0 Å². The minimum atomic E-state index is -0.189. The van der Waals surface area contributed by atoms with Crippen molar-refractivity contribution in [3.05, 3.63) is 0 Å². The number of aliphatic hydroxyl groups is 1. The largest absolute Gasteiger partial charge is 0.394 e. The lowest BCUT2D eigenvalue weighted by Crippen LogP contribution is -2.44. The van der Waals surface area contributed by atoms with Crippen LogP contribution in [-0.2, 0) is 4.74 Å². The van der Waals surface area contributed by atoms with Crippen molar-refractivity contribution >= 4 is 6.03 Å². The van der Waals surface area contributed by atoms with Gasteiger partial charge in [-0.1, -0.05) is 0 Å². The highest BCUT2D eigenvalue weighted by atomic mass is 16.5. The van der Waals surface area contributed by atoms with Gasteiger partial charge in [0.1, 0.15) is 0 Å². The molecule has 0 aliphatic rings. The second-order valence-electron chi connectivity index (χ2n) is 3.07.